The van der Waals surface area contributed by atoms with Crippen LogP contribution in [0.4, 0.5) is 0 Å². The second-order valence-corrected chi connectivity index (χ2v) is 2.67. The Morgan fingerprint density at radius 2 is 2.31 bits per heavy atom. The van der Waals surface area contributed by atoms with Crippen molar-refractivity contribution >= 4 is 17.8 Å². The van der Waals surface area contributed by atoms with Gasteiger partial charge in [0.2, 0.25) is 5.91 Å². The molecular weight excluding hydrogens is 178 g/mol. The number of nitrogens with one attached hydrogen (secondary N) is 1. The van der Waals surface area contributed by atoms with Gasteiger partial charge in [-0.15, -0.1) is 0 Å². The van der Waals surface area contributed by atoms with E-state index in [1.807, 2.05) is 5.32 Å². The minimum atomic E-state index is -2.30. The third kappa shape index (κ3) is 1.83. The molecule has 0 bridgehead atoms. The summed E-state index contributed by atoms with van der Waals surface area (Å²) in [7, 11) is 0. The lowest BCUT2D eigenvalue weighted by molar-refractivity contribution is -0.205. The predicted molar refractivity (Wildman–Crippen MR) is 39.1 cm³/mol. The molecule has 0 radical (unpaired) electrons. The van der Waals surface area contributed by atoms with Gasteiger partial charge in [-0.25, -0.2) is 0 Å². The summed E-state index contributed by atoms with van der Waals surface area (Å²) in [6.07, 6.45) is -0.499. The molecule has 0 saturated carbocycles. The number of imide groups is 1. The predicted octanol–water partition coefficient (Wildman–Crippen LogP) is -1.33. The maximum absolute atomic E-state index is 10.9. The molecule has 1 atom stereocenters. The molecule has 72 valence electrons. The zero-order chi connectivity index (χ0) is 10.1. The minimum Gasteiger partial charge on any atom is -0.423 e. The Kier molecular flexibility index (Phi) is 2.33. The topological polar surface area (TPSA) is 92.7 Å². The van der Waals surface area contributed by atoms with E-state index in [0.29, 0.717) is 0 Å². The maximum Gasteiger partial charge on any atom is 0.308 e. The van der Waals surface area contributed by atoms with E-state index in [9.17, 15) is 19.5 Å². The number of rotatable bonds is 2. The lowest BCUT2D eigenvalue weighted by atomic mass is 10.2. The molecule has 1 aliphatic heterocycles. The Morgan fingerprint density at radius 3 is 2.69 bits per heavy atom. The van der Waals surface area contributed by atoms with Crippen LogP contribution < -0.4 is 5.32 Å². The van der Waals surface area contributed by atoms with Crippen molar-refractivity contribution in [3.8, 4) is 0 Å². The SMILES string of the molecule is CCC(=O)OC1(O)CC(=O)NC1=O. The van der Waals surface area contributed by atoms with Gasteiger partial charge in [-0.1, -0.05) is 6.92 Å². The highest BCUT2D eigenvalue weighted by molar-refractivity contribution is 6.07. The van der Waals surface area contributed by atoms with Crippen molar-refractivity contribution in [2.75, 3.05) is 0 Å². The summed E-state index contributed by atoms with van der Waals surface area (Å²) >= 11 is 0. The molecule has 1 rings (SSSR count). The lowest BCUT2D eigenvalue weighted by Crippen LogP contribution is -2.42. The molecule has 0 spiro atoms. The zero-order valence-electron chi connectivity index (χ0n) is 6.99. The van der Waals surface area contributed by atoms with Crippen molar-refractivity contribution < 1.29 is 24.2 Å². The van der Waals surface area contributed by atoms with E-state index < -0.39 is 30.0 Å². The van der Waals surface area contributed by atoms with Crippen LogP contribution in [0, 0.1) is 0 Å². The molecule has 1 saturated heterocycles. The number of aliphatic hydroxyl groups is 1. The van der Waals surface area contributed by atoms with Crippen LogP contribution in [0.5, 0.6) is 0 Å². The van der Waals surface area contributed by atoms with Crippen molar-refractivity contribution in [3.63, 3.8) is 0 Å². The highest BCUT2D eigenvalue weighted by Crippen LogP contribution is 2.18. The summed E-state index contributed by atoms with van der Waals surface area (Å²) in [6.45, 7) is 1.51. The molecular formula is C7H9NO5. The van der Waals surface area contributed by atoms with Crippen LogP contribution in [-0.2, 0) is 19.1 Å². The molecule has 0 aromatic rings. The average molecular weight is 187 g/mol. The highest BCUT2D eigenvalue weighted by Gasteiger charge is 2.48. The number of hydrogen-bond acceptors (Lipinski definition) is 5. The highest BCUT2D eigenvalue weighted by atomic mass is 16.7. The maximum atomic E-state index is 10.9. The number of carbonyl (C=O) groups excluding carboxylic acids is 3. The Balaban J connectivity index is 2.71. The van der Waals surface area contributed by atoms with Gasteiger partial charge in [-0.05, 0) is 0 Å². The van der Waals surface area contributed by atoms with Gasteiger partial charge in [0.05, 0.1) is 0 Å². The second-order valence-electron chi connectivity index (χ2n) is 2.67. The van der Waals surface area contributed by atoms with Crippen molar-refractivity contribution in [2.45, 2.75) is 25.6 Å². The van der Waals surface area contributed by atoms with E-state index in [2.05, 4.69) is 4.74 Å². The molecule has 2 amide bonds. The Labute approximate surface area is 73.9 Å². The van der Waals surface area contributed by atoms with Crippen molar-refractivity contribution in [3.05, 3.63) is 0 Å². The fourth-order valence-electron chi connectivity index (χ4n) is 0.909. The van der Waals surface area contributed by atoms with Crippen molar-refractivity contribution in [1.82, 2.24) is 5.32 Å². The largest absolute Gasteiger partial charge is 0.423 e. The molecule has 0 aromatic heterocycles. The van der Waals surface area contributed by atoms with Crippen LogP contribution >= 0.6 is 0 Å². The monoisotopic (exact) mass is 187 g/mol. The number of ether oxygens (including phenoxy) is 1. The van der Waals surface area contributed by atoms with Gasteiger partial charge >= 0.3 is 11.8 Å². The van der Waals surface area contributed by atoms with Crippen LogP contribution in [0.1, 0.15) is 19.8 Å². The van der Waals surface area contributed by atoms with Crippen LogP contribution in [0.3, 0.4) is 0 Å². The van der Waals surface area contributed by atoms with Gasteiger partial charge in [0.25, 0.3) is 5.91 Å². The molecule has 13 heavy (non-hydrogen) atoms. The number of esters is 1. The van der Waals surface area contributed by atoms with E-state index >= 15 is 0 Å². The summed E-state index contributed by atoms with van der Waals surface area (Å²) in [5.74, 6) is -4.67. The molecule has 1 unspecified atom stereocenters. The second kappa shape index (κ2) is 3.14. The summed E-state index contributed by atoms with van der Waals surface area (Å²) in [5.41, 5.74) is 0. The Hall–Kier alpha value is -1.43. The summed E-state index contributed by atoms with van der Waals surface area (Å²) < 4.78 is 4.41. The van der Waals surface area contributed by atoms with E-state index in [0.717, 1.165) is 0 Å². The molecule has 1 aliphatic rings. The van der Waals surface area contributed by atoms with E-state index in [1.165, 1.54) is 6.92 Å². The zero-order valence-corrected chi connectivity index (χ0v) is 6.99. The minimum absolute atomic E-state index is 0.0315. The van der Waals surface area contributed by atoms with Crippen LogP contribution in [0.2, 0.25) is 0 Å². The van der Waals surface area contributed by atoms with Gasteiger partial charge in [-0.3, -0.25) is 19.7 Å². The summed E-state index contributed by atoms with van der Waals surface area (Å²) in [4.78, 5) is 32.3. The van der Waals surface area contributed by atoms with Crippen molar-refractivity contribution in [2.24, 2.45) is 0 Å². The van der Waals surface area contributed by atoms with Crippen LogP contribution in [0.15, 0.2) is 0 Å². The molecule has 0 aliphatic carbocycles. The van der Waals surface area contributed by atoms with E-state index in [-0.39, 0.29) is 6.42 Å². The lowest BCUT2D eigenvalue weighted by Gasteiger charge is -2.17. The van der Waals surface area contributed by atoms with Gasteiger partial charge < -0.3 is 9.84 Å². The number of amides is 2. The average Bonchev–Trinajstić information content (AvgIpc) is 2.25. The Bertz CT molecular complexity index is 274. The smallest absolute Gasteiger partial charge is 0.308 e. The van der Waals surface area contributed by atoms with Gasteiger partial charge in [-0.2, -0.15) is 0 Å². The van der Waals surface area contributed by atoms with Crippen LogP contribution in [0.25, 0.3) is 0 Å². The Morgan fingerprint density at radius 1 is 1.69 bits per heavy atom. The number of hydrogen-bond donors (Lipinski definition) is 2. The molecule has 1 fully saturated rings. The molecule has 6 nitrogen and oxygen atoms in total. The first-order chi connectivity index (χ1) is 5.98. The first-order valence-corrected chi connectivity index (χ1v) is 3.76. The quantitative estimate of drug-likeness (QED) is 0.317. The summed E-state index contributed by atoms with van der Waals surface area (Å²) in [5, 5.41) is 11.2. The first kappa shape index (κ1) is 9.66. The molecule has 0 aromatic carbocycles. The third-order valence-electron chi connectivity index (χ3n) is 1.58. The fraction of sp³-hybridized carbons (Fsp3) is 0.571. The first-order valence-electron chi connectivity index (χ1n) is 3.76. The molecule has 1 heterocycles. The van der Waals surface area contributed by atoms with Gasteiger partial charge in [0.15, 0.2) is 0 Å². The fourth-order valence-corrected chi connectivity index (χ4v) is 0.909. The number of carbonyl (C=O) groups is 3. The molecule has 2 N–H and O–H groups in total. The van der Waals surface area contributed by atoms with Crippen molar-refractivity contribution in [1.29, 1.82) is 0 Å². The molecule has 6 heteroatoms. The van der Waals surface area contributed by atoms with Gasteiger partial charge in [0, 0.05) is 6.42 Å². The van der Waals surface area contributed by atoms with Gasteiger partial charge in [0.1, 0.15) is 6.42 Å². The summed E-state index contributed by atoms with van der Waals surface area (Å²) in [6, 6.07) is 0. The third-order valence-corrected chi connectivity index (χ3v) is 1.58. The van der Waals surface area contributed by atoms with E-state index in [1.54, 1.807) is 0 Å². The normalized spacial score (nSPS) is 27.2. The van der Waals surface area contributed by atoms with E-state index in [4.69, 9.17) is 0 Å². The standard InChI is InChI=1S/C7H9NO5/c1-2-5(10)13-7(12)3-4(9)8-6(7)11/h12H,2-3H2,1H3,(H,8,9,11). The van der Waals surface area contributed by atoms with Crippen LogP contribution in [-0.4, -0.2) is 28.7 Å².